The van der Waals surface area contributed by atoms with Crippen LogP contribution in [0.5, 0.6) is 5.75 Å². The topological polar surface area (TPSA) is 37.0 Å². The van der Waals surface area contributed by atoms with Crippen molar-refractivity contribution in [3.8, 4) is 5.75 Å². The lowest BCUT2D eigenvalue weighted by Crippen LogP contribution is -2.08. The minimum absolute atomic E-state index is 0.285. The van der Waals surface area contributed by atoms with Crippen LogP contribution in [0.25, 0.3) is 10.9 Å². The van der Waals surface area contributed by atoms with Gasteiger partial charge in [-0.05, 0) is 22.0 Å². The van der Waals surface area contributed by atoms with Crippen LogP contribution in [0.1, 0.15) is 0 Å². The molecule has 5 heteroatoms. The molecule has 1 aromatic carbocycles. The molecule has 0 atom stereocenters. The van der Waals surface area contributed by atoms with Crippen molar-refractivity contribution in [3.05, 3.63) is 22.6 Å². The van der Waals surface area contributed by atoms with Crippen molar-refractivity contribution in [2.75, 3.05) is 18.5 Å². The van der Waals surface area contributed by atoms with Crippen molar-refractivity contribution in [2.45, 2.75) is 0 Å². The van der Waals surface area contributed by atoms with Crippen LogP contribution in [-0.2, 0) is 0 Å². The summed E-state index contributed by atoms with van der Waals surface area (Å²) in [4.78, 5) is 2.91. The van der Waals surface area contributed by atoms with Crippen molar-refractivity contribution in [1.29, 1.82) is 0 Å². The average Bonchev–Trinajstić information content (AvgIpc) is 2.54. The van der Waals surface area contributed by atoms with E-state index in [1.54, 1.807) is 12.3 Å². The molecule has 0 saturated carbocycles. The molecule has 78 valence electrons. The van der Waals surface area contributed by atoms with E-state index in [4.69, 9.17) is 4.74 Å². The van der Waals surface area contributed by atoms with Crippen LogP contribution in [0.3, 0.4) is 0 Å². The number of hydrogen-bond donors (Lipinski definition) is 2. The second-order valence-corrected chi connectivity index (χ2v) is 4.25. The first-order valence-electron chi connectivity index (χ1n) is 4.63. The maximum absolute atomic E-state index is 13.7. The summed E-state index contributed by atoms with van der Waals surface area (Å²) in [6, 6.07) is 1.67. The summed E-state index contributed by atoms with van der Waals surface area (Å²) in [6.07, 6.45) is 1.76. The van der Waals surface area contributed by atoms with Crippen LogP contribution in [-0.4, -0.2) is 18.1 Å². The number of aromatic amines is 1. The minimum Gasteiger partial charge on any atom is -0.491 e. The molecular weight excluding hydrogens is 263 g/mol. The molecule has 2 aromatic rings. The van der Waals surface area contributed by atoms with Crippen molar-refractivity contribution >= 4 is 32.5 Å². The lowest BCUT2D eigenvalue weighted by atomic mass is 10.2. The number of nitrogens with one attached hydrogen (secondary N) is 2. The molecule has 1 aliphatic rings. The molecule has 2 heterocycles. The SMILES string of the molecule is Fc1c(Br)cc2c3c(c[nH]c13)NCCO2. The fourth-order valence-electron chi connectivity index (χ4n) is 1.82. The number of benzene rings is 1. The van der Waals surface area contributed by atoms with Gasteiger partial charge in [0.1, 0.15) is 12.4 Å². The standard InChI is InChI=1S/C10H8BrFN2O/c11-5-3-7-8-6(13-1-2-15-7)4-14-10(8)9(5)12/h3-4,13-14H,1-2H2. The molecular formula is C10H8BrFN2O. The second kappa shape index (κ2) is 3.13. The number of ether oxygens (including phenoxy) is 1. The average molecular weight is 271 g/mol. The summed E-state index contributed by atoms with van der Waals surface area (Å²) in [5.74, 6) is 0.423. The number of halogens is 2. The van der Waals surface area contributed by atoms with Crippen LogP contribution in [0.2, 0.25) is 0 Å². The molecule has 15 heavy (non-hydrogen) atoms. The predicted molar refractivity (Wildman–Crippen MR) is 59.9 cm³/mol. The monoisotopic (exact) mass is 270 g/mol. The summed E-state index contributed by atoms with van der Waals surface area (Å²) in [6.45, 7) is 1.31. The Hall–Kier alpha value is -1.23. The number of H-pyrrole nitrogens is 1. The zero-order chi connectivity index (χ0) is 10.4. The molecule has 0 saturated heterocycles. The van der Waals surface area contributed by atoms with Gasteiger partial charge >= 0.3 is 0 Å². The van der Waals surface area contributed by atoms with Gasteiger partial charge in [0.25, 0.3) is 0 Å². The maximum Gasteiger partial charge on any atom is 0.161 e. The van der Waals surface area contributed by atoms with E-state index >= 15 is 0 Å². The zero-order valence-corrected chi connectivity index (χ0v) is 9.32. The molecule has 3 nitrogen and oxygen atoms in total. The first-order chi connectivity index (χ1) is 7.27. The minimum atomic E-state index is -0.285. The van der Waals surface area contributed by atoms with E-state index in [-0.39, 0.29) is 5.82 Å². The molecule has 1 aliphatic heterocycles. The van der Waals surface area contributed by atoms with Gasteiger partial charge in [-0.1, -0.05) is 0 Å². The highest BCUT2D eigenvalue weighted by molar-refractivity contribution is 9.10. The van der Waals surface area contributed by atoms with Crippen LogP contribution < -0.4 is 10.1 Å². The van der Waals surface area contributed by atoms with Crippen molar-refractivity contribution in [2.24, 2.45) is 0 Å². The van der Waals surface area contributed by atoms with E-state index in [1.165, 1.54) is 0 Å². The lowest BCUT2D eigenvalue weighted by molar-refractivity contribution is 0.339. The fourth-order valence-corrected chi connectivity index (χ4v) is 2.23. The first-order valence-corrected chi connectivity index (χ1v) is 5.42. The van der Waals surface area contributed by atoms with Crippen molar-refractivity contribution in [3.63, 3.8) is 0 Å². The summed E-state index contributed by atoms with van der Waals surface area (Å²) < 4.78 is 19.7. The van der Waals surface area contributed by atoms with E-state index in [0.717, 1.165) is 17.6 Å². The molecule has 0 bridgehead atoms. The predicted octanol–water partition coefficient (Wildman–Crippen LogP) is 2.87. The van der Waals surface area contributed by atoms with Gasteiger partial charge in [0.05, 0.1) is 21.1 Å². The molecule has 2 N–H and O–H groups in total. The Morgan fingerprint density at radius 2 is 2.33 bits per heavy atom. The lowest BCUT2D eigenvalue weighted by Gasteiger charge is -2.05. The largest absolute Gasteiger partial charge is 0.491 e. The Bertz CT molecular complexity index is 538. The van der Waals surface area contributed by atoms with Crippen LogP contribution in [0.15, 0.2) is 16.7 Å². The number of aromatic nitrogens is 1. The van der Waals surface area contributed by atoms with E-state index in [0.29, 0.717) is 22.3 Å². The second-order valence-electron chi connectivity index (χ2n) is 3.40. The fraction of sp³-hybridized carbons (Fsp3) is 0.200. The van der Waals surface area contributed by atoms with Gasteiger partial charge in [-0.25, -0.2) is 4.39 Å². The summed E-state index contributed by atoms with van der Waals surface area (Å²) in [7, 11) is 0. The molecule has 1 aromatic heterocycles. The van der Waals surface area contributed by atoms with Crippen LogP contribution >= 0.6 is 15.9 Å². The molecule has 0 aliphatic carbocycles. The normalized spacial score (nSPS) is 14.5. The third-order valence-electron chi connectivity index (χ3n) is 2.49. The third kappa shape index (κ3) is 1.23. The van der Waals surface area contributed by atoms with E-state index < -0.39 is 0 Å². The van der Waals surface area contributed by atoms with Crippen molar-refractivity contribution < 1.29 is 9.13 Å². The molecule has 3 rings (SSSR count). The molecule has 0 fully saturated rings. The van der Waals surface area contributed by atoms with E-state index in [1.807, 2.05) is 0 Å². The first kappa shape index (κ1) is 9.03. The van der Waals surface area contributed by atoms with E-state index in [9.17, 15) is 4.39 Å². The van der Waals surface area contributed by atoms with E-state index in [2.05, 4.69) is 26.2 Å². The summed E-state index contributed by atoms with van der Waals surface area (Å²) >= 11 is 3.17. The molecule has 0 unspecified atom stereocenters. The maximum atomic E-state index is 13.7. The Kier molecular flexibility index (Phi) is 1.88. The Morgan fingerprint density at radius 3 is 3.20 bits per heavy atom. The number of hydrogen-bond acceptors (Lipinski definition) is 2. The highest BCUT2D eigenvalue weighted by atomic mass is 79.9. The smallest absolute Gasteiger partial charge is 0.161 e. The highest BCUT2D eigenvalue weighted by Crippen LogP contribution is 2.38. The Labute approximate surface area is 93.7 Å². The van der Waals surface area contributed by atoms with Gasteiger partial charge < -0.3 is 15.0 Å². The molecule has 0 amide bonds. The number of rotatable bonds is 0. The highest BCUT2D eigenvalue weighted by Gasteiger charge is 2.18. The molecule has 0 spiro atoms. The molecule has 0 radical (unpaired) electrons. The number of anilines is 1. The zero-order valence-electron chi connectivity index (χ0n) is 7.73. The summed E-state index contributed by atoms with van der Waals surface area (Å²) in [5.41, 5.74) is 1.37. The van der Waals surface area contributed by atoms with Gasteiger partial charge in [0, 0.05) is 12.7 Å². The Morgan fingerprint density at radius 1 is 1.47 bits per heavy atom. The quantitative estimate of drug-likeness (QED) is 0.773. The summed E-state index contributed by atoms with van der Waals surface area (Å²) in [5, 5.41) is 3.96. The van der Waals surface area contributed by atoms with Gasteiger partial charge in [-0.2, -0.15) is 0 Å². The third-order valence-corrected chi connectivity index (χ3v) is 3.07. The van der Waals surface area contributed by atoms with Crippen LogP contribution in [0, 0.1) is 5.82 Å². The van der Waals surface area contributed by atoms with Gasteiger partial charge in [0.2, 0.25) is 0 Å². The van der Waals surface area contributed by atoms with Gasteiger partial charge in [0.15, 0.2) is 5.82 Å². The van der Waals surface area contributed by atoms with Gasteiger partial charge in [-0.15, -0.1) is 0 Å². The van der Waals surface area contributed by atoms with Crippen molar-refractivity contribution in [1.82, 2.24) is 4.98 Å². The van der Waals surface area contributed by atoms with Crippen LogP contribution in [0.4, 0.5) is 10.1 Å². The van der Waals surface area contributed by atoms with Gasteiger partial charge in [-0.3, -0.25) is 0 Å². The Balaban J connectivity index is 2.43.